The summed E-state index contributed by atoms with van der Waals surface area (Å²) in [6.07, 6.45) is 1.42. The highest BCUT2D eigenvalue weighted by Gasteiger charge is 2.18. The smallest absolute Gasteiger partial charge is 0.349 e. The van der Waals surface area contributed by atoms with E-state index in [0.29, 0.717) is 18.7 Å². The number of ketones is 1. The fourth-order valence-corrected chi connectivity index (χ4v) is 2.98. The van der Waals surface area contributed by atoms with Gasteiger partial charge in [-0.25, -0.2) is 9.18 Å². The van der Waals surface area contributed by atoms with Crippen molar-refractivity contribution in [3.63, 3.8) is 0 Å². The summed E-state index contributed by atoms with van der Waals surface area (Å²) >= 11 is 0. The van der Waals surface area contributed by atoms with E-state index in [2.05, 4.69) is 0 Å². The van der Waals surface area contributed by atoms with Crippen LogP contribution in [-0.4, -0.2) is 43.8 Å². The second-order valence-electron chi connectivity index (χ2n) is 6.48. The molecule has 2 aromatic rings. The zero-order valence-corrected chi connectivity index (χ0v) is 17.3. The summed E-state index contributed by atoms with van der Waals surface area (Å²) in [5.41, 5.74) is 2.21. The zero-order valence-electron chi connectivity index (χ0n) is 17.3. The van der Waals surface area contributed by atoms with E-state index in [-0.39, 0.29) is 16.9 Å². The first kappa shape index (κ1) is 22.8. The molecule has 158 valence electrons. The number of benzene rings is 1. The van der Waals surface area contributed by atoms with E-state index < -0.39 is 24.2 Å². The van der Waals surface area contributed by atoms with Gasteiger partial charge in [-0.2, -0.15) is 5.26 Å². The van der Waals surface area contributed by atoms with Gasteiger partial charge in [0.05, 0.1) is 19.3 Å². The van der Waals surface area contributed by atoms with Crippen molar-refractivity contribution in [1.29, 1.82) is 5.26 Å². The maximum atomic E-state index is 13.4. The number of nitriles is 1. The highest BCUT2D eigenvalue weighted by atomic mass is 19.1. The minimum absolute atomic E-state index is 0.0468. The van der Waals surface area contributed by atoms with Crippen LogP contribution in [0.3, 0.4) is 0 Å². The number of Topliss-reactive ketones (excluding diaryl/α,β-unsaturated/α-hetero) is 1. The Bertz CT molecular complexity index is 1020. The Labute approximate surface area is 174 Å². The predicted octanol–water partition coefficient (Wildman–Crippen LogP) is 3.23. The van der Waals surface area contributed by atoms with E-state index in [9.17, 15) is 19.2 Å². The van der Waals surface area contributed by atoms with Crippen LogP contribution in [0.25, 0.3) is 6.08 Å². The number of nitrogens with zero attached hydrogens (tertiary/aromatic N) is 2. The topological polar surface area (TPSA) is 90.5 Å². The molecule has 0 aliphatic heterocycles. The number of halogens is 1. The number of aromatic nitrogens is 1. The van der Waals surface area contributed by atoms with Crippen molar-refractivity contribution in [3.05, 3.63) is 58.2 Å². The standard InChI is InChI=1S/C22H23FN2O5/c1-14-9-16(15(2)25(14)7-8-28-3)10-17(12-24)22(27)30-13-20(26)19-11-18(23)5-6-21(19)29-4/h5-6,9-11H,7-8,13H2,1-4H3/b17-10+. The van der Waals surface area contributed by atoms with Crippen LogP contribution in [0, 0.1) is 31.0 Å². The normalized spacial score (nSPS) is 11.1. The number of carbonyl (C=O) groups is 2. The van der Waals surface area contributed by atoms with Crippen LogP contribution in [0.4, 0.5) is 4.39 Å². The molecule has 1 heterocycles. The summed E-state index contributed by atoms with van der Waals surface area (Å²) in [5, 5.41) is 9.37. The summed E-state index contributed by atoms with van der Waals surface area (Å²) in [6.45, 7) is 4.30. The molecule has 1 aromatic heterocycles. The van der Waals surface area contributed by atoms with Gasteiger partial charge in [-0.05, 0) is 49.8 Å². The molecular weight excluding hydrogens is 391 g/mol. The number of methoxy groups -OCH3 is 2. The Hall–Kier alpha value is -3.44. The highest BCUT2D eigenvalue weighted by Crippen LogP contribution is 2.21. The SMILES string of the molecule is COCCn1c(C)cc(/C=C(\C#N)C(=O)OCC(=O)c2cc(F)ccc2OC)c1C. The number of rotatable bonds is 9. The lowest BCUT2D eigenvalue weighted by Gasteiger charge is -2.09. The van der Waals surface area contributed by atoms with Crippen LogP contribution >= 0.6 is 0 Å². The van der Waals surface area contributed by atoms with Gasteiger partial charge in [0.1, 0.15) is 23.2 Å². The van der Waals surface area contributed by atoms with E-state index >= 15 is 0 Å². The molecule has 2 rings (SSSR count). The van der Waals surface area contributed by atoms with Gasteiger partial charge in [-0.1, -0.05) is 0 Å². The molecule has 0 unspecified atom stereocenters. The first-order valence-electron chi connectivity index (χ1n) is 9.13. The third-order valence-corrected chi connectivity index (χ3v) is 4.57. The third-order valence-electron chi connectivity index (χ3n) is 4.57. The van der Waals surface area contributed by atoms with Crippen molar-refractivity contribution in [2.24, 2.45) is 0 Å². The fourth-order valence-electron chi connectivity index (χ4n) is 2.98. The van der Waals surface area contributed by atoms with Gasteiger partial charge in [-0.15, -0.1) is 0 Å². The molecule has 0 spiro atoms. The van der Waals surface area contributed by atoms with Crippen LogP contribution < -0.4 is 4.74 Å². The molecule has 0 bridgehead atoms. The van der Waals surface area contributed by atoms with Crippen LogP contribution in [0.2, 0.25) is 0 Å². The molecule has 0 radical (unpaired) electrons. The Kier molecular flexibility index (Phi) is 7.90. The predicted molar refractivity (Wildman–Crippen MR) is 108 cm³/mol. The van der Waals surface area contributed by atoms with E-state index in [1.165, 1.54) is 19.3 Å². The Morgan fingerprint density at radius 1 is 1.23 bits per heavy atom. The number of hydrogen-bond donors (Lipinski definition) is 0. The van der Waals surface area contributed by atoms with Crippen molar-refractivity contribution in [1.82, 2.24) is 4.57 Å². The van der Waals surface area contributed by atoms with Gasteiger partial charge in [0.15, 0.2) is 6.61 Å². The van der Waals surface area contributed by atoms with Gasteiger partial charge in [0.2, 0.25) is 5.78 Å². The molecule has 0 saturated carbocycles. The minimum atomic E-state index is -0.942. The van der Waals surface area contributed by atoms with E-state index in [1.807, 2.05) is 24.5 Å². The highest BCUT2D eigenvalue weighted by molar-refractivity contribution is 6.03. The molecule has 0 fully saturated rings. The molecular formula is C22H23FN2O5. The monoisotopic (exact) mass is 414 g/mol. The van der Waals surface area contributed by atoms with Crippen molar-refractivity contribution >= 4 is 17.8 Å². The van der Waals surface area contributed by atoms with Gasteiger partial charge in [0, 0.05) is 25.0 Å². The van der Waals surface area contributed by atoms with E-state index in [1.54, 1.807) is 13.2 Å². The summed E-state index contributed by atoms with van der Waals surface area (Å²) in [4.78, 5) is 24.6. The second-order valence-corrected chi connectivity index (χ2v) is 6.48. The third kappa shape index (κ3) is 5.33. The van der Waals surface area contributed by atoms with Gasteiger partial charge < -0.3 is 18.8 Å². The van der Waals surface area contributed by atoms with Crippen molar-refractivity contribution in [2.45, 2.75) is 20.4 Å². The first-order valence-corrected chi connectivity index (χ1v) is 9.13. The number of esters is 1. The average molecular weight is 414 g/mol. The number of aryl methyl sites for hydroxylation is 1. The van der Waals surface area contributed by atoms with Crippen molar-refractivity contribution in [2.75, 3.05) is 27.4 Å². The molecule has 0 atom stereocenters. The van der Waals surface area contributed by atoms with Crippen LogP contribution in [0.5, 0.6) is 5.75 Å². The molecule has 0 N–H and O–H groups in total. The Morgan fingerprint density at radius 3 is 2.60 bits per heavy atom. The molecule has 0 saturated heterocycles. The lowest BCUT2D eigenvalue weighted by Crippen LogP contribution is -2.16. The molecule has 0 aliphatic rings. The molecule has 7 nitrogen and oxygen atoms in total. The average Bonchev–Trinajstić information content (AvgIpc) is 3.00. The summed E-state index contributed by atoms with van der Waals surface area (Å²) in [7, 11) is 2.95. The summed E-state index contributed by atoms with van der Waals surface area (Å²) < 4.78 is 30.6. The molecule has 30 heavy (non-hydrogen) atoms. The van der Waals surface area contributed by atoms with E-state index in [0.717, 1.165) is 23.5 Å². The lowest BCUT2D eigenvalue weighted by atomic mass is 10.1. The Balaban J connectivity index is 2.15. The Morgan fingerprint density at radius 2 is 1.97 bits per heavy atom. The zero-order chi connectivity index (χ0) is 22.3. The van der Waals surface area contributed by atoms with Gasteiger partial charge >= 0.3 is 5.97 Å². The quantitative estimate of drug-likeness (QED) is 0.271. The molecule has 0 amide bonds. The first-order chi connectivity index (χ1) is 14.3. The van der Waals surface area contributed by atoms with E-state index in [4.69, 9.17) is 14.2 Å². The summed E-state index contributed by atoms with van der Waals surface area (Å²) in [5.74, 6) is -2.04. The van der Waals surface area contributed by atoms with Crippen molar-refractivity contribution in [3.8, 4) is 11.8 Å². The molecule has 8 heteroatoms. The van der Waals surface area contributed by atoms with Crippen LogP contribution in [0.15, 0.2) is 29.8 Å². The largest absolute Gasteiger partial charge is 0.496 e. The van der Waals surface area contributed by atoms with Crippen molar-refractivity contribution < 1.29 is 28.2 Å². The molecule has 1 aromatic carbocycles. The molecule has 0 aliphatic carbocycles. The second kappa shape index (κ2) is 10.4. The van der Waals surface area contributed by atoms with Gasteiger partial charge in [0.25, 0.3) is 0 Å². The maximum Gasteiger partial charge on any atom is 0.349 e. The van der Waals surface area contributed by atoms with Gasteiger partial charge in [-0.3, -0.25) is 4.79 Å². The van der Waals surface area contributed by atoms with Crippen LogP contribution in [0.1, 0.15) is 27.3 Å². The fraction of sp³-hybridized carbons (Fsp3) is 0.318. The maximum absolute atomic E-state index is 13.4. The number of hydrogen-bond acceptors (Lipinski definition) is 6. The minimum Gasteiger partial charge on any atom is -0.496 e. The number of ether oxygens (including phenoxy) is 3. The summed E-state index contributed by atoms with van der Waals surface area (Å²) in [6, 6.07) is 7.12. The van der Waals surface area contributed by atoms with Crippen LogP contribution in [-0.2, 0) is 20.8 Å². The lowest BCUT2D eigenvalue weighted by molar-refractivity contribution is -0.137. The number of carbonyl (C=O) groups excluding carboxylic acids is 2.